The monoisotopic (exact) mass is 462 g/mol. The zero-order chi connectivity index (χ0) is 22.8. The fourth-order valence-corrected chi connectivity index (χ4v) is 3.70. The van der Waals surface area contributed by atoms with E-state index in [0.29, 0.717) is 25.7 Å². The van der Waals surface area contributed by atoms with Crippen molar-refractivity contribution in [3.05, 3.63) is 0 Å². The van der Waals surface area contributed by atoms with Crippen molar-refractivity contribution in [3.8, 4) is 0 Å². The van der Waals surface area contributed by atoms with Gasteiger partial charge in [-0.3, -0.25) is 18.7 Å². The molecule has 0 aliphatic heterocycles. The minimum Gasteiger partial charge on any atom is -0.481 e. The van der Waals surface area contributed by atoms with Crippen LogP contribution in [0.4, 0.5) is 0 Å². The molecular weight excluding hydrogens is 426 g/mol. The van der Waals surface area contributed by atoms with Crippen LogP contribution in [-0.4, -0.2) is 54.0 Å². The molecule has 0 aliphatic rings. The van der Waals surface area contributed by atoms with E-state index in [4.69, 9.17) is 29.8 Å². The summed E-state index contributed by atoms with van der Waals surface area (Å²) in [6.07, 6.45) is 8.92. The lowest BCUT2D eigenvalue weighted by molar-refractivity contribution is -0.138. The Morgan fingerprint density at radius 1 is 0.483 bits per heavy atom. The molecule has 0 radical (unpaired) electrons. The number of carboxylic acids is 2. The molecule has 0 spiro atoms. The van der Waals surface area contributed by atoms with E-state index in [0.717, 1.165) is 44.9 Å². The van der Waals surface area contributed by atoms with Crippen LogP contribution in [0.5, 0.6) is 0 Å². The largest absolute Gasteiger partial charge is 0.481 e. The number of carbonyl (C=O) groups is 2. The molecule has 0 rings (SSSR count). The van der Waals surface area contributed by atoms with Gasteiger partial charge in [0.05, 0.1) is 0 Å². The van der Waals surface area contributed by atoms with Crippen molar-refractivity contribution in [1.29, 1.82) is 0 Å². The Balaban J connectivity index is 0. The second kappa shape index (κ2) is 18.0. The molecule has 0 heterocycles. The van der Waals surface area contributed by atoms with Crippen molar-refractivity contribution in [2.24, 2.45) is 0 Å². The summed E-state index contributed by atoms with van der Waals surface area (Å²) in [5.74, 6) is -1.60. The summed E-state index contributed by atoms with van der Waals surface area (Å²) < 4.78 is 20.8. The van der Waals surface area contributed by atoms with Gasteiger partial charge < -0.3 is 29.8 Å². The van der Waals surface area contributed by atoms with E-state index in [1.54, 1.807) is 0 Å². The number of aliphatic carboxylic acids is 2. The summed E-state index contributed by atoms with van der Waals surface area (Å²) in [4.78, 5) is 54.3. The minimum absolute atomic E-state index is 0.00832. The van der Waals surface area contributed by atoms with E-state index < -0.39 is 27.1 Å². The van der Waals surface area contributed by atoms with E-state index in [2.05, 4.69) is 0 Å². The van der Waals surface area contributed by atoms with Gasteiger partial charge in [0.2, 0.25) is 0 Å². The molecule has 0 unspecified atom stereocenters. The Morgan fingerprint density at radius 3 is 1.00 bits per heavy atom. The van der Waals surface area contributed by atoms with Crippen molar-refractivity contribution >= 4 is 27.1 Å². The molecule has 6 N–H and O–H groups in total. The average Bonchev–Trinajstić information content (AvgIpc) is 2.54. The Hall–Kier alpha value is -0.760. The Bertz CT molecular complexity index is 526. The molecule has 174 valence electrons. The molecule has 0 amide bonds. The number of unbranched alkanes of at least 4 members (excludes halogenated alkanes) is 9. The Labute approximate surface area is 172 Å². The first-order chi connectivity index (χ1) is 13.3. The number of hydrogen-bond acceptors (Lipinski definition) is 4. The van der Waals surface area contributed by atoms with Crippen LogP contribution in [0.2, 0.25) is 0 Å². The smallest absolute Gasteiger partial charge is 0.325 e. The summed E-state index contributed by atoms with van der Waals surface area (Å²) in [6, 6.07) is 0. The lowest BCUT2D eigenvalue weighted by atomic mass is 10.1. The molecule has 0 aromatic carbocycles. The van der Waals surface area contributed by atoms with Crippen LogP contribution in [0.3, 0.4) is 0 Å². The van der Waals surface area contributed by atoms with Crippen LogP contribution < -0.4 is 0 Å². The lowest BCUT2D eigenvalue weighted by Gasteiger charge is -2.03. The fourth-order valence-electron chi connectivity index (χ4n) is 2.43. The maximum absolute atomic E-state index is 10.5. The van der Waals surface area contributed by atoms with E-state index >= 15 is 0 Å². The normalized spacial score (nSPS) is 11.6. The first kappa shape index (κ1) is 30.4. The van der Waals surface area contributed by atoms with Crippen molar-refractivity contribution in [1.82, 2.24) is 0 Å². The zero-order valence-electron chi connectivity index (χ0n) is 16.8. The topological polar surface area (TPSA) is 190 Å². The summed E-state index contributed by atoms with van der Waals surface area (Å²) >= 11 is 0. The van der Waals surface area contributed by atoms with Gasteiger partial charge in [-0.25, -0.2) is 0 Å². The van der Waals surface area contributed by atoms with Crippen LogP contribution in [0.25, 0.3) is 0 Å². The number of rotatable bonds is 17. The van der Waals surface area contributed by atoms with Gasteiger partial charge in [-0.2, -0.15) is 0 Å². The van der Waals surface area contributed by atoms with Crippen LogP contribution in [0, 0.1) is 0 Å². The van der Waals surface area contributed by atoms with E-state index in [-0.39, 0.29) is 25.2 Å². The quantitative estimate of drug-likeness (QED) is 0.138. The molecule has 10 nitrogen and oxygen atoms in total. The molecule has 0 aromatic rings. The van der Waals surface area contributed by atoms with E-state index in [9.17, 15) is 18.7 Å². The second-order valence-corrected chi connectivity index (χ2v) is 10.5. The standard InChI is InChI=1S/C11H23O5P.C6H13O5P/c12-11(13)9-7-5-3-1-2-4-6-8-10-17(14,15)16;7-6(8)4-2-1-3-5-12(9,10)11/h1-10H2,(H,12,13)(H2,14,15,16);1-5H2,(H,7,8)(H2,9,10,11). The van der Waals surface area contributed by atoms with Gasteiger partial charge in [0.1, 0.15) is 0 Å². The van der Waals surface area contributed by atoms with Crippen LogP contribution >= 0.6 is 15.2 Å². The molecule has 0 aliphatic carbocycles. The molecule has 0 bridgehead atoms. The predicted octanol–water partition coefficient (Wildman–Crippen LogP) is 3.57. The third-order valence-electron chi connectivity index (χ3n) is 3.93. The Kier molecular flexibility index (Phi) is 18.9. The molecule has 0 aromatic heterocycles. The zero-order valence-corrected chi connectivity index (χ0v) is 18.6. The van der Waals surface area contributed by atoms with Crippen molar-refractivity contribution in [3.63, 3.8) is 0 Å². The molecule has 12 heteroatoms. The lowest BCUT2D eigenvalue weighted by Crippen LogP contribution is -1.94. The third kappa shape index (κ3) is 35.1. The fraction of sp³-hybridized carbons (Fsp3) is 0.882. The van der Waals surface area contributed by atoms with Crippen molar-refractivity contribution < 1.29 is 48.5 Å². The van der Waals surface area contributed by atoms with Gasteiger partial charge in [-0.15, -0.1) is 0 Å². The van der Waals surface area contributed by atoms with Gasteiger partial charge in [0.25, 0.3) is 0 Å². The predicted molar refractivity (Wildman–Crippen MR) is 109 cm³/mol. The van der Waals surface area contributed by atoms with Crippen molar-refractivity contribution in [2.75, 3.05) is 12.3 Å². The molecule has 0 saturated heterocycles. The molecule has 29 heavy (non-hydrogen) atoms. The van der Waals surface area contributed by atoms with Crippen LogP contribution in [-0.2, 0) is 18.7 Å². The summed E-state index contributed by atoms with van der Waals surface area (Å²) in [6.45, 7) is 0. The van der Waals surface area contributed by atoms with Gasteiger partial charge in [-0.05, 0) is 25.7 Å². The van der Waals surface area contributed by atoms with Crippen molar-refractivity contribution in [2.45, 2.75) is 83.5 Å². The SMILES string of the molecule is O=C(O)CCCCCCCCCCP(=O)(O)O.O=C(O)CCCCCP(=O)(O)O. The van der Waals surface area contributed by atoms with Gasteiger partial charge in [0, 0.05) is 25.2 Å². The van der Waals surface area contributed by atoms with E-state index in [1.807, 2.05) is 0 Å². The number of carboxylic acid groups (broad SMARTS) is 2. The van der Waals surface area contributed by atoms with Gasteiger partial charge >= 0.3 is 27.1 Å². The van der Waals surface area contributed by atoms with Gasteiger partial charge in [0.15, 0.2) is 0 Å². The molecule has 0 saturated carbocycles. The summed E-state index contributed by atoms with van der Waals surface area (Å²) in [7, 11) is -7.68. The average molecular weight is 462 g/mol. The maximum atomic E-state index is 10.5. The third-order valence-corrected chi connectivity index (χ3v) is 5.73. The minimum atomic E-state index is -3.88. The first-order valence-electron chi connectivity index (χ1n) is 9.86. The van der Waals surface area contributed by atoms with Crippen LogP contribution in [0.15, 0.2) is 0 Å². The summed E-state index contributed by atoms with van der Waals surface area (Å²) in [5, 5.41) is 16.6. The highest BCUT2D eigenvalue weighted by atomic mass is 31.2. The maximum Gasteiger partial charge on any atom is 0.325 e. The summed E-state index contributed by atoms with van der Waals surface area (Å²) in [5.41, 5.74) is 0. The van der Waals surface area contributed by atoms with Gasteiger partial charge in [-0.1, -0.05) is 44.9 Å². The van der Waals surface area contributed by atoms with E-state index in [1.165, 1.54) is 0 Å². The molecular formula is C17H36O10P2. The highest BCUT2D eigenvalue weighted by molar-refractivity contribution is 7.52. The molecule has 0 fully saturated rings. The Morgan fingerprint density at radius 2 is 0.724 bits per heavy atom. The second-order valence-electron chi connectivity index (χ2n) is 6.95. The molecule has 0 atom stereocenters. The van der Waals surface area contributed by atoms with Crippen LogP contribution in [0.1, 0.15) is 83.5 Å². The first-order valence-corrected chi connectivity index (χ1v) is 13.5. The highest BCUT2D eigenvalue weighted by Gasteiger charge is 2.11. The number of hydrogen-bond donors (Lipinski definition) is 6. The highest BCUT2D eigenvalue weighted by Crippen LogP contribution is 2.36.